The maximum Gasteiger partial charge on any atom is 0.128 e. The minimum Gasteiger partial charge on any atom is -0.412 e. The Morgan fingerprint density at radius 2 is 1.82 bits per heavy atom. The largest absolute Gasteiger partial charge is 0.412 e. The van der Waals surface area contributed by atoms with E-state index in [2.05, 4.69) is 36.6 Å². The van der Waals surface area contributed by atoms with Gasteiger partial charge in [-0.25, -0.2) is 4.39 Å². The molecule has 2 atom stereocenters. The van der Waals surface area contributed by atoms with Crippen LogP contribution in [0.25, 0.3) is 0 Å². The van der Waals surface area contributed by atoms with Crippen molar-refractivity contribution in [3.05, 3.63) is 40.8 Å². The number of nitrogens with two attached hydrogens (primary N) is 1. The molecule has 1 aromatic rings. The number of ether oxygens (including phenoxy) is 1. The minimum absolute atomic E-state index is 0. The van der Waals surface area contributed by atoms with E-state index in [0.717, 1.165) is 94.7 Å². The number of anilines is 1. The Balaban J connectivity index is 0.00000380. The van der Waals surface area contributed by atoms with Crippen molar-refractivity contribution in [3.8, 4) is 0 Å². The van der Waals surface area contributed by atoms with Gasteiger partial charge in [0.2, 0.25) is 0 Å². The second-order valence-corrected chi connectivity index (χ2v) is 11.0. The Hall–Kier alpha value is -2.00. The van der Waals surface area contributed by atoms with Crippen LogP contribution in [0.3, 0.4) is 0 Å². The average molecular weight is 551 g/mol. The molecule has 8 heteroatoms. The molecule has 1 aromatic carbocycles. The molecule has 39 heavy (non-hydrogen) atoms. The molecular formula is C31H55FN4O3. The van der Waals surface area contributed by atoms with Crippen LogP contribution >= 0.6 is 0 Å². The summed E-state index contributed by atoms with van der Waals surface area (Å²) in [5.41, 5.74) is 12.0. The Labute approximate surface area is 236 Å². The number of aliphatic imine (C=N–C) groups is 1. The van der Waals surface area contributed by atoms with Crippen LogP contribution in [0.2, 0.25) is 0 Å². The highest BCUT2D eigenvalue weighted by molar-refractivity contribution is 6.02. The zero-order chi connectivity index (χ0) is 26.6. The maximum atomic E-state index is 14.0. The molecule has 3 rings (SSSR count). The lowest BCUT2D eigenvalue weighted by molar-refractivity contribution is -0.0752. The summed E-state index contributed by atoms with van der Waals surface area (Å²) in [6.45, 7) is 14.1. The van der Waals surface area contributed by atoms with Gasteiger partial charge in [0, 0.05) is 61.9 Å². The third-order valence-corrected chi connectivity index (χ3v) is 7.79. The zero-order valence-electron chi connectivity index (χ0n) is 24.9. The number of halogens is 1. The summed E-state index contributed by atoms with van der Waals surface area (Å²) in [7, 11) is 0. The fourth-order valence-corrected chi connectivity index (χ4v) is 5.80. The van der Waals surface area contributed by atoms with Gasteiger partial charge < -0.3 is 26.3 Å². The third kappa shape index (κ3) is 10.8. The second-order valence-electron chi connectivity index (χ2n) is 11.0. The normalized spacial score (nSPS) is 21.9. The predicted molar refractivity (Wildman–Crippen MR) is 162 cm³/mol. The molecule has 0 bridgehead atoms. The predicted octanol–water partition coefficient (Wildman–Crippen LogP) is 4.99. The molecule has 0 radical (unpaired) electrons. The zero-order valence-corrected chi connectivity index (χ0v) is 24.9. The lowest BCUT2D eigenvalue weighted by Gasteiger charge is -2.36. The highest BCUT2D eigenvalue weighted by Gasteiger charge is 2.26. The van der Waals surface area contributed by atoms with Gasteiger partial charge in [0.1, 0.15) is 5.82 Å². The highest BCUT2D eigenvalue weighted by Crippen LogP contribution is 2.26. The first kappa shape index (κ1) is 35.0. The van der Waals surface area contributed by atoms with Crippen LogP contribution in [0.1, 0.15) is 90.5 Å². The Bertz CT molecular complexity index is 908. The van der Waals surface area contributed by atoms with Crippen molar-refractivity contribution in [2.24, 2.45) is 10.7 Å². The van der Waals surface area contributed by atoms with Crippen LogP contribution < -0.4 is 10.6 Å². The van der Waals surface area contributed by atoms with Crippen molar-refractivity contribution in [2.75, 3.05) is 44.2 Å². The van der Waals surface area contributed by atoms with Crippen molar-refractivity contribution in [2.45, 2.75) is 104 Å². The molecule has 6 N–H and O–H groups in total. The summed E-state index contributed by atoms with van der Waals surface area (Å²) in [5, 5.41) is 0. The molecule has 1 saturated carbocycles. The summed E-state index contributed by atoms with van der Waals surface area (Å²) in [5.74, 6) is -0.108. The summed E-state index contributed by atoms with van der Waals surface area (Å²) in [4.78, 5) is 9.79. The van der Waals surface area contributed by atoms with Gasteiger partial charge in [-0.2, -0.15) is 0 Å². The lowest BCUT2D eigenvalue weighted by Crippen LogP contribution is -2.47. The standard InChI is InChI=1S/C31H51FN4O.2H2O/c1-5-19-36(31-17-13-15-28(32)25(31)4)20-11-9-7-8-10-18-34-30-16-12-14-27(30)29(33)23-35-21-24(3)37-26(6-2)22-35;;/h13,15,17,24,26H,5-12,14,16,18-23,33H2,1-4H3;2*1H2/b29-27-,34-30?;;/t24-,26?;;/m1../s1. The number of morpholine rings is 1. The fourth-order valence-electron chi connectivity index (χ4n) is 5.80. The molecule has 1 unspecified atom stereocenters. The molecule has 2 fully saturated rings. The molecule has 2 aliphatic rings. The van der Waals surface area contributed by atoms with Gasteiger partial charge in [0.05, 0.1) is 12.2 Å². The molecule has 1 aliphatic heterocycles. The fraction of sp³-hybridized carbons (Fsp3) is 0.710. The van der Waals surface area contributed by atoms with Crippen LogP contribution in [0.15, 0.2) is 34.5 Å². The van der Waals surface area contributed by atoms with Gasteiger partial charge >= 0.3 is 0 Å². The first-order valence-electron chi connectivity index (χ1n) is 14.8. The van der Waals surface area contributed by atoms with Crippen molar-refractivity contribution < 1.29 is 20.1 Å². The van der Waals surface area contributed by atoms with E-state index in [0.29, 0.717) is 6.10 Å². The average Bonchev–Trinajstić information content (AvgIpc) is 3.35. The maximum absolute atomic E-state index is 14.0. The van der Waals surface area contributed by atoms with Crippen molar-refractivity contribution in [3.63, 3.8) is 0 Å². The van der Waals surface area contributed by atoms with E-state index in [4.69, 9.17) is 15.5 Å². The van der Waals surface area contributed by atoms with Crippen LogP contribution in [0.4, 0.5) is 10.1 Å². The molecular weight excluding hydrogens is 495 g/mol. The first-order valence-corrected chi connectivity index (χ1v) is 14.8. The molecule has 7 nitrogen and oxygen atoms in total. The number of hydrogen-bond donors (Lipinski definition) is 1. The summed E-state index contributed by atoms with van der Waals surface area (Å²) in [6, 6.07) is 5.43. The van der Waals surface area contributed by atoms with E-state index in [-0.39, 0.29) is 22.9 Å². The van der Waals surface area contributed by atoms with Crippen LogP contribution in [0, 0.1) is 12.7 Å². The monoisotopic (exact) mass is 550 g/mol. The number of rotatable bonds is 14. The minimum atomic E-state index is -0.108. The Morgan fingerprint density at radius 1 is 1.08 bits per heavy atom. The molecule has 0 aromatic heterocycles. The van der Waals surface area contributed by atoms with Crippen LogP contribution in [-0.2, 0) is 4.74 Å². The van der Waals surface area contributed by atoms with Crippen molar-refractivity contribution in [1.29, 1.82) is 0 Å². The number of benzene rings is 1. The molecule has 224 valence electrons. The number of allylic oxidation sites excluding steroid dienone is 1. The van der Waals surface area contributed by atoms with E-state index in [1.54, 1.807) is 6.07 Å². The van der Waals surface area contributed by atoms with Gasteiger partial charge in [0.15, 0.2) is 0 Å². The quantitative estimate of drug-likeness (QED) is 0.328. The van der Waals surface area contributed by atoms with Crippen LogP contribution in [0.5, 0.6) is 0 Å². The molecule has 1 aliphatic carbocycles. The second kappa shape index (κ2) is 18.4. The van der Waals surface area contributed by atoms with E-state index in [1.165, 1.54) is 37.0 Å². The number of hydrogen-bond acceptors (Lipinski definition) is 5. The summed E-state index contributed by atoms with van der Waals surface area (Å²) in [6.07, 6.45) is 12.0. The van der Waals surface area contributed by atoms with E-state index >= 15 is 0 Å². The van der Waals surface area contributed by atoms with Gasteiger partial charge in [0.25, 0.3) is 0 Å². The molecule has 0 spiro atoms. The Morgan fingerprint density at radius 3 is 2.56 bits per heavy atom. The molecule has 0 amide bonds. The van der Waals surface area contributed by atoms with Gasteiger partial charge in [-0.15, -0.1) is 0 Å². The van der Waals surface area contributed by atoms with E-state index in [9.17, 15) is 4.39 Å². The molecule has 1 saturated heterocycles. The number of unbranched alkanes of at least 4 members (excludes halogenated alkanes) is 4. The first-order chi connectivity index (χ1) is 17.9. The lowest BCUT2D eigenvalue weighted by atomic mass is 10.1. The topological polar surface area (TPSA) is 117 Å². The highest BCUT2D eigenvalue weighted by atomic mass is 19.1. The van der Waals surface area contributed by atoms with E-state index in [1.807, 2.05) is 13.0 Å². The van der Waals surface area contributed by atoms with Crippen molar-refractivity contribution >= 4 is 11.4 Å². The van der Waals surface area contributed by atoms with E-state index < -0.39 is 0 Å². The Kier molecular flexibility index (Phi) is 16.5. The van der Waals surface area contributed by atoms with Gasteiger partial charge in [-0.1, -0.05) is 39.2 Å². The smallest absolute Gasteiger partial charge is 0.128 e. The van der Waals surface area contributed by atoms with Gasteiger partial charge in [-0.05, 0) is 76.5 Å². The van der Waals surface area contributed by atoms with Crippen LogP contribution in [-0.4, -0.2) is 73.0 Å². The third-order valence-electron chi connectivity index (χ3n) is 7.79. The summed E-state index contributed by atoms with van der Waals surface area (Å²) < 4.78 is 20.0. The summed E-state index contributed by atoms with van der Waals surface area (Å²) >= 11 is 0. The molecule has 1 heterocycles. The SMILES string of the molecule is CCCN(CCCCCCCN=C1CCC/C1=C(/N)CN1CC(CC)O[C@H](C)C1)c1cccc(F)c1C.O.O. The van der Waals surface area contributed by atoms with Gasteiger partial charge in [-0.3, -0.25) is 9.89 Å². The van der Waals surface area contributed by atoms with Crippen molar-refractivity contribution in [1.82, 2.24) is 4.90 Å². The number of nitrogens with zero attached hydrogens (tertiary/aromatic N) is 3.